The number of thioether (sulfide) groups is 1. The summed E-state index contributed by atoms with van der Waals surface area (Å²) in [5.41, 5.74) is 0. The molecule has 1 fully saturated rings. The third-order valence-corrected chi connectivity index (χ3v) is 4.67. The second kappa shape index (κ2) is 7.59. The van der Waals surface area contributed by atoms with Gasteiger partial charge in [-0.2, -0.15) is 11.8 Å². The van der Waals surface area contributed by atoms with E-state index in [2.05, 4.69) is 16.9 Å². The van der Waals surface area contributed by atoms with Crippen LogP contribution in [-0.4, -0.2) is 37.3 Å². The number of hydrogen-bond donors (Lipinski definition) is 2. The molecule has 5 nitrogen and oxygen atoms in total. The summed E-state index contributed by atoms with van der Waals surface area (Å²) in [5.74, 6) is 0.704. The van der Waals surface area contributed by atoms with E-state index in [1.165, 1.54) is 6.42 Å². The van der Waals surface area contributed by atoms with Gasteiger partial charge in [0.25, 0.3) is 0 Å². The summed E-state index contributed by atoms with van der Waals surface area (Å²) in [7, 11) is 1.61. The van der Waals surface area contributed by atoms with Gasteiger partial charge in [0.1, 0.15) is 11.8 Å². The van der Waals surface area contributed by atoms with E-state index in [1.54, 1.807) is 19.4 Å². The fraction of sp³-hybridized carbons (Fsp3) is 0.643. The highest BCUT2D eigenvalue weighted by atomic mass is 32.2. The summed E-state index contributed by atoms with van der Waals surface area (Å²) in [5, 5.41) is 6.60. The van der Waals surface area contributed by atoms with E-state index in [1.807, 2.05) is 17.8 Å². The molecule has 2 N–H and O–H groups in total. The van der Waals surface area contributed by atoms with Crippen LogP contribution in [0.4, 0.5) is 4.79 Å². The molecule has 1 heterocycles. The number of urea groups is 1. The van der Waals surface area contributed by atoms with Gasteiger partial charge in [0, 0.05) is 18.4 Å². The van der Waals surface area contributed by atoms with Crippen LogP contribution in [0.2, 0.25) is 0 Å². The minimum Gasteiger partial charge on any atom is -0.467 e. The van der Waals surface area contributed by atoms with Gasteiger partial charge >= 0.3 is 6.03 Å². The molecule has 1 aliphatic rings. The first kappa shape index (κ1) is 15.3. The largest absolute Gasteiger partial charge is 0.467 e. The Morgan fingerprint density at radius 1 is 1.60 bits per heavy atom. The number of hydrogen-bond acceptors (Lipinski definition) is 4. The minimum absolute atomic E-state index is 0.157. The number of carbonyl (C=O) groups is 1. The van der Waals surface area contributed by atoms with Crippen molar-refractivity contribution in [2.75, 3.05) is 20.0 Å². The third-order valence-electron chi connectivity index (χ3n) is 3.58. The van der Waals surface area contributed by atoms with E-state index in [9.17, 15) is 4.79 Å². The second-order valence-corrected chi connectivity index (χ2v) is 6.15. The summed E-state index contributed by atoms with van der Waals surface area (Å²) in [6.07, 6.45) is 6.99. The first-order valence-electron chi connectivity index (χ1n) is 6.85. The Kier molecular flexibility index (Phi) is 5.79. The van der Waals surface area contributed by atoms with Crippen LogP contribution in [0, 0.1) is 0 Å². The molecule has 2 amide bonds. The molecule has 6 heteroatoms. The maximum absolute atomic E-state index is 12.0. The van der Waals surface area contributed by atoms with Crippen molar-refractivity contribution >= 4 is 17.8 Å². The molecule has 20 heavy (non-hydrogen) atoms. The molecule has 0 bridgehead atoms. The number of methoxy groups -OCH3 is 1. The summed E-state index contributed by atoms with van der Waals surface area (Å²) in [6, 6.07) is 3.50. The monoisotopic (exact) mass is 298 g/mol. The Bertz CT molecular complexity index is 411. The Morgan fingerprint density at radius 2 is 2.45 bits per heavy atom. The minimum atomic E-state index is -0.257. The average molecular weight is 298 g/mol. The number of amides is 2. The van der Waals surface area contributed by atoms with Crippen molar-refractivity contribution in [2.45, 2.75) is 36.6 Å². The smallest absolute Gasteiger partial charge is 0.315 e. The molecule has 1 aromatic heterocycles. The molecule has 3 atom stereocenters. The molecule has 112 valence electrons. The predicted molar refractivity (Wildman–Crippen MR) is 79.9 cm³/mol. The normalized spacial score (nSPS) is 23.5. The van der Waals surface area contributed by atoms with E-state index in [0.717, 1.165) is 12.8 Å². The molecule has 0 aromatic carbocycles. The maximum Gasteiger partial charge on any atom is 0.315 e. The van der Waals surface area contributed by atoms with E-state index in [0.29, 0.717) is 17.6 Å². The molecule has 2 rings (SSSR count). The van der Waals surface area contributed by atoms with Gasteiger partial charge < -0.3 is 19.8 Å². The lowest BCUT2D eigenvalue weighted by Crippen LogP contribution is -2.43. The van der Waals surface area contributed by atoms with Crippen molar-refractivity contribution in [3.05, 3.63) is 24.2 Å². The van der Waals surface area contributed by atoms with E-state index in [4.69, 9.17) is 9.15 Å². The Hall–Kier alpha value is -1.14. The van der Waals surface area contributed by atoms with Crippen LogP contribution in [0.1, 0.15) is 31.1 Å². The van der Waals surface area contributed by atoms with E-state index >= 15 is 0 Å². The molecule has 0 aliphatic heterocycles. The van der Waals surface area contributed by atoms with Crippen LogP contribution >= 0.6 is 11.8 Å². The zero-order valence-corrected chi connectivity index (χ0v) is 12.7. The molecule has 0 saturated heterocycles. The van der Waals surface area contributed by atoms with Crippen LogP contribution in [0.25, 0.3) is 0 Å². The molecule has 0 spiro atoms. The zero-order chi connectivity index (χ0) is 14.4. The summed E-state index contributed by atoms with van der Waals surface area (Å²) in [6.45, 7) is 0.388. The summed E-state index contributed by atoms with van der Waals surface area (Å²) < 4.78 is 10.5. The Balaban J connectivity index is 1.83. The lowest BCUT2D eigenvalue weighted by atomic mass is 10.2. The number of nitrogens with one attached hydrogen (secondary N) is 2. The number of furan rings is 1. The predicted octanol–water partition coefficient (Wildman–Crippen LogP) is 2.55. The van der Waals surface area contributed by atoms with Gasteiger partial charge in [-0.15, -0.1) is 0 Å². The first-order valence-corrected chi connectivity index (χ1v) is 8.14. The summed E-state index contributed by atoms with van der Waals surface area (Å²) >= 11 is 1.88. The van der Waals surface area contributed by atoms with Crippen molar-refractivity contribution in [2.24, 2.45) is 0 Å². The van der Waals surface area contributed by atoms with Crippen molar-refractivity contribution in [3.63, 3.8) is 0 Å². The third kappa shape index (κ3) is 4.18. The fourth-order valence-electron chi connectivity index (χ4n) is 2.52. The van der Waals surface area contributed by atoms with Gasteiger partial charge in [0.15, 0.2) is 0 Å². The Labute approximate surface area is 123 Å². The second-order valence-electron chi connectivity index (χ2n) is 5.01. The van der Waals surface area contributed by atoms with Crippen LogP contribution in [-0.2, 0) is 4.74 Å². The van der Waals surface area contributed by atoms with Gasteiger partial charge in [-0.05, 0) is 37.7 Å². The summed E-state index contributed by atoms with van der Waals surface area (Å²) in [4.78, 5) is 12.0. The molecular weight excluding hydrogens is 276 g/mol. The van der Waals surface area contributed by atoms with E-state index in [-0.39, 0.29) is 18.1 Å². The van der Waals surface area contributed by atoms with Gasteiger partial charge in [-0.25, -0.2) is 4.79 Å². The average Bonchev–Trinajstić information content (AvgIpc) is 3.09. The Morgan fingerprint density at radius 3 is 3.05 bits per heavy atom. The van der Waals surface area contributed by atoms with Crippen LogP contribution in [0.3, 0.4) is 0 Å². The molecular formula is C14H22N2O3S. The molecule has 0 radical (unpaired) electrons. The van der Waals surface area contributed by atoms with Gasteiger partial charge in [0.2, 0.25) is 0 Å². The van der Waals surface area contributed by atoms with Crippen molar-refractivity contribution in [1.82, 2.24) is 10.6 Å². The number of ether oxygens (including phenoxy) is 1. The van der Waals surface area contributed by atoms with Crippen molar-refractivity contribution in [1.29, 1.82) is 0 Å². The number of carbonyl (C=O) groups excluding carboxylic acids is 1. The van der Waals surface area contributed by atoms with Crippen LogP contribution in [0.5, 0.6) is 0 Å². The highest BCUT2D eigenvalue weighted by Crippen LogP contribution is 2.28. The van der Waals surface area contributed by atoms with E-state index < -0.39 is 0 Å². The van der Waals surface area contributed by atoms with Gasteiger partial charge in [-0.1, -0.05) is 0 Å². The molecule has 1 aromatic rings. The van der Waals surface area contributed by atoms with Crippen LogP contribution < -0.4 is 10.6 Å². The fourth-order valence-corrected chi connectivity index (χ4v) is 3.32. The van der Waals surface area contributed by atoms with Crippen molar-refractivity contribution in [3.8, 4) is 0 Å². The zero-order valence-electron chi connectivity index (χ0n) is 11.9. The topological polar surface area (TPSA) is 63.5 Å². The van der Waals surface area contributed by atoms with Crippen molar-refractivity contribution < 1.29 is 13.9 Å². The molecule has 0 unspecified atom stereocenters. The quantitative estimate of drug-likeness (QED) is 0.847. The standard InChI is InChI=1S/C14H22N2O3S/c1-18-9-12(13-4-3-7-19-13)16-14(17)15-10-5-6-11(8-10)20-2/h3-4,7,10-12H,5-6,8-9H2,1-2H3,(H2,15,16,17)/t10-,11+,12+/m0/s1. The first-order chi connectivity index (χ1) is 9.72. The maximum atomic E-state index is 12.0. The lowest BCUT2D eigenvalue weighted by Gasteiger charge is -2.19. The number of rotatable bonds is 6. The lowest BCUT2D eigenvalue weighted by molar-refractivity contribution is 0.156. The van der Waals surface area contributed by atoms with Crippen LogP contribution in [0.15, 0.2) is 22.8 Å². The highest BCUT2D eigenvalue weighted by Gasteiger charge is 2.26. The van der Waals surface area contributed by atoms with Gasteiger partial charge in [-0.3, -0.25) is 0 Å². The highest BCUT2D eigenvalue weighted by molar-refractivity contribution is 7.99. The van der Waals surface area contributed by atoms with Gasteiger partial charge in [0.05, 0.1) is 12.9 Å². The molecule has 1 aliphatic carbocycles. The SMILES string of the molecule is COC[C@@H](NC(=O)N[C@H]1CC[C@@H](SC)C1)c1ccco1. The molecule has 1 saturated carbocycles.